The molecule has 0 aliphatic heterocycles. The Hall–Kier alpha value is -2.15. The summed E-state index contributed by atoms with van der Waals surface area (Å²) in [6.07, 6.45) is 3.69. The van der Waals surface area contributed by atoms with Gasteiger partial charge in [0.15, 0.2) is 0 Å². The number of benzene rings is 2. The van der Waals surface area contributed by atoms with Gasteiger partial charge < -0.3 is 0 Å². The van der Waals surface area contributed by atoms with Gasteiger partial charge in [0.1, 0.15) is 0 Å². The Labute approximate surface area is 95.1 Å². The maximum atomic E-state index is 4.27. The summed E-state index contributed by atoms with van der Waals surface area (Å²) in [6.45, 7) is 3.84. The molecule has 78 valence electrons. The molecule has 0 aromatic heterocycles. The van der Waals surface area contributed by atoms with Crippen molar-refractivity contribution in [3.05, 3.63) is 70.6 Å². The van der Waals surface area contributed by atoms with Crippen molar-refractivity contribution in [2.45, 2.75) is 0 Å². The lowest BCUT2D eigenvalue weighted by Gasteiger charge is -1.88. The number of aliphatic imine (C=N–C) groups is 1. The molecule has 0 heterocycles. The van der Waals surface area contributed by atoms with Crippen LogP contribution < -0.4 is 10.4 Å². The maximum absolute atomic E-state index is 4.27. The lowest BCUT2D eigenvalue weighted by molar-refractivity contribution is 1.53. The Bertz CT molecular complexity index is 559. The Morgan fingerprint density at radius 1 is 0.875 bits per heavy atom. The van der Waals surface area contributed by atoms with Crippen molar-refractivity contribution >= 4 is 19.0 Å². The van der Waals surface area contributed by atoms with Gasteiger partial charge in [-0.15, -0.1) is 0 Å². The van der Waals surface area contributed by atoms with Crippen LogP contribution in [0.2, 0.25) is 0 Å². The fourth-order valence-electron chi connectivity index (χ4n) is 1.35. The monoisotopic (exact) mass is 207 g/mol. The van der Waals surface area contributed by atoms with Crippen molar-refractivity contribution in [3.63, 3.8) is 0 Å². The van der Waals surface area contributed by atoms with Gasteiger partial charge in [-0.2, -0.15) is 0 Å². The Morgan fingerprint density at radius 3 is 2.25 bits per heavy atom. The number of rotatable bonds is 2. The highest BCUT2D eigenvalue weighted by Gasteiger charge is 1.81. The van der Waals surface area contributed by atoms with Crippen molar-refractivity contribution in [3.8, 4) is 0 Å². The van der Waals surface area contributed by atoms with E-state index in [1.807, 2.05) is 67.0 Å². The topological polar surface area (TPSA) is 12.4 Å². The summed E-state index contributed by atoms with van der Waals surface area (Å²) in [5.74, 6) is 0. The molecule has 16 heavy (non-hydrogen) atoms. The predicted octanol–water partition coefficient (Wildman–Crippen LogP) is 1.95. The zero-order chi connectivity index (χ0) is 11.2. The average Bonchev–Trinajstić information content (AvgIpc) is 2.33. The van der Waals surface area contributed by atoms with Gasteiger partial charge in [0.25, 0.3) is 0 Å². The Morgan fingerprint density at radius 2 is 1.56 bits per heavy atom. The smallest absolute Gasteiger partial charge is 0.0340 e. The van der Waals surface area contributed by atoms with Crippen molar-refractivity contribution in [2.24, 2.45) is 4.99 Å². The summed E-state index contributed by atoms with van der Waals surface area (Å²) in [4.78, 5) is 4.27. The van der Waals surface area contributed by atoms with Gasteiger partial charge in [-0.1, -0.05) is 61.2 Å². The lowest BCUT2D eigenvalue weighted by Crippen LogP contribution is -2.04. The summed E-state index contributed by atoms with van der Waals surface area (Å²) in [5.41, 5.74) is 1.10. The van der Waals surface area contributed by atoms with Crippen LogP contribution in [0.1, 0.15) is 5.56 Å². The van der Waals surface area contributed by atoms with Crippen LogP contribution in [0.5, 0.6) is 0 Å². The molecule has 0 fully saturated rings. The van der Waals surface area contributed by atoms with Crippen molar-refractivity contribution in [2.75, 3.05) is 0 Å². The predicted molar refractivity (Wildman–Crippen MR) is 69.7 cm³/mol. The van der Waals surface area contributed by atoms with E-state index in [1.54, 1.807) is 0 Å². The standard InChI is InChI=1S/C15H13N/c1-13-7-9-15(10-8-13)12-16-11-14-5-3-2-4-6-14/h2-12H,1H2. The normalized spacial score (nSPS) is 10.5. The van der Waals surface area contributed by atoms with Gasteiger partial charge in [-0.3, -0.25) is 4.99 Å². The van der Waals surface area contributed by atoms with Crippen LogP contribution in [0.25, 0.3) is 12.8 Å². The van der Waals surface area contributed by atoms with Gasteiger partial charge in [0, 0.05) is 12.4 Å². The van der Waals surface area contributed by atoms with Crippen LogP contribution in [0.4, 0.5) is 0 Å². The zero-order valence-electron chi connectivity index (χ0n) is 9.01. The first-order valence-corrected chi connectivity index (χ1v) is 5.18. The number of nitrogens with zero attached hydrogens (tertiary/aromatic N) is 1. The molecule has 0 aliphatic carbocycles. The fraction of sp³-hybridized carbons (Fsp3) is 0. The molecule has 0 radical (unpaired) electrons. The van der Waals surface area contributed by atoms with Gasteiger partial charge in [0.05, 0.1) is 0 Å². The summed E-state index contributed by atoms with van der Waals surface area (Å²) >= 11 is 0. The minimum absolute atomic E-state index is 1.02. The van der Waals surface area contributed by atoms with Crippen LogP contribution in [-0.2, 0) is 0 Å². The van der Waals surface area contributed by atoms with Gasteiger partial charge in [0.2, 0.25) is 0 Å². The second-order valence-electron chi connectivity index (χ2n) is 3.56. The molecule has 1 nitrogen and oxygen atoms in total. The molecule has 2 rings (SSSR count). The minimum Gasteiger partial charge on any atom is -0.263 e. The van der Waals surface area contributed by atoms with Crippen LogP contribution >= 0.6 is 0 Å². The third-order valence-electron chi connectivity index (χ3n) is 2.23. The van der Waals surface area contributed by atoms with E-state index in [2.05, 4.69) is 11.6 Å². The Kier molecular flexibility index (Phi) is 3.29. The van der Waals surface area contributed by atoms with E-state index in [0.717, 1.165) is 16.0 Å². The van der Waals surface area contributed by atoms with E-state index >= 15 is 0 Å². The van der Waals surface area contributed by atoms with Crippen molar-refractivity contribution in [1.82, 2.24) is 0 Å². The van der Waals surface area contributed by atoms with E-state index < -0.39 is 0 Å². The lowest BCUT2D eigenvalue weighted by atomic mass is 10.2. The first-order valence-electron chi connectivity index (χ1n) is 5.18. The number of hydrogen-bond donors (Lipinski definition) is 0. The van der Waals surface area contributed by atoms with Crippen LogP contribution in [0, 0.1) is 0 Å². The molecular formula is C15H13N. The van der Waals surface area contributed by atoms with Crippen LogP contribution in [0.15, 0.2) is 59.6 Å². The summed E-state index contributed by atoms with van der Waals surface area (Å²) in [6, 6.07) is 18.0. The Balaban J connectivity index is 2.18. The molecule has 0 saturated heterocycles. The molecule has 2 aromatic rings. The second-order valence-corrected chi connectivity index (χ2v) is 3.56. The second kappa shape index (κ2) is 5.08. The van der Waals surface area contributed by atoms with Gasteiger partial charge in [-0.05, 0) is 16.0 Å². The highest BCUT2D eigenvalue weighted by Crippen LogP contribution is 1.93. The summed E-state index contributed by atoms with van der Waals surface area (Å²) in [5, 5.41) is 2.10. The molecule has 0 bridgehead atoms. The van der Waals surface area contributed by atoms with Gasteiger partial charge >= 0.3 is 0 Å². The van der Waals surface area contributed by atoms with E-state index in [-0.39, 0.29) is 0 Å². The van der Waals surface area contributed by atoms with Crippen LogP contribution in [-0.4, -0.2) is 6.21 Å². The third kappa shape index (κ3) is 2.92. The van der Waals surface area contributed by atoms with Crippen molar-refractivity contribution < 1.29 is 0 Å². The largest absolute Gasteiger partial charge is 0.263 e. The SMILES string of the molecule is C=c1ccc(=CN=Cc2ccccc2)cc1. The molecule has 0 amide bonds. The maximum Gasteiger partial charge on any atom is 0.0340 e. The molecule has 2 aromatic carbocycles. The summed E-state index contributed by atoms with van der Waals surface area (Å²) in [7, 11) is 0. The first kappa shape index (κ1) is 10.4. The molecule has 0 aliphatic rings. The van der Waals surface area contributed by atoms with E-state index in [9.17, 15) is 0 Å². The molecule has 0 N–H and O–H groups in total. The zero-order valence-corrected chi connectivity index (χ0v) is 9.01. The van der Waals surface area contributed by atoms with Gasteiger partial charge in [-0.25, -0.2) is 0 Å². The molecular weight excluding hydrogens is 194 g/mol. The number of hydrogen-bond acceptors (Lipinski definition) is 1. The molecule has 0 spiro atoms. The third-order valence-corrected chi connectivity index (χ3v) is 2.23. The minimum atomic E-state index is 1.02. The van der Waals surface area contributed by atoms with E-state index in [1.165, 1.54) is 0 Å². The van der Waals surface area contributed by atoms with E-state index in [0.29, 0.717) is 0 Å². The van der Waals surface area contributed by atoms with Crippen LogP contribution in [0.3, 0.4) is 0 Å². The molecule has 0 unspecified atom stereocenters. The van der Waals surface area contributed by atoms with Crippen molar-refractivity contribution in [1.29, 1.82) is 0 Å². The molecule has 0 atom stereocenters. The summed E-state index contributed by atoms with van der Waals surface area (Å²) < 4.78 is 0. The highest BCUT2D eigenvalue weighted by molar-refractivity contribution is 5.81. The molecule has 0 saturated carbocycles. The average molecular weight is 207 g/mol. The molecule has 1 heteroatoms. The first-order chi connectivity index (χ1) is 7.84. The fourth-order valence-corrected chi connectivity index (χ4v) is 1.35. The van der Waals surface area contributed by atoms with E-state index in [4.69, 9.17) is 0 Å². The highest BCUT2D eigenvalue weighted by atomic mass is 14.7. The quantitative estimate of drug-likeness (QED) is 0.667.